The first-order valence-electron chi connectivity index (χ1n) is 8.54. The molecule has 130 valence electrons. The summed E-state index contributed by atoms with van der Waals surface area (Å²) in [6.07, 6.45) is 5.03. The number of hydrogen-bond acceptors (Lipinski definition) is 4. The van der Waals surface area contributed by atoms with Gasteiger partial charge in [0.25, 0.3) is 5.91 Å². The largest absolute Gasteiger partial charge is 0.490 e. The number of carbonyl (C=O) groups is 2. The molecular weight excluding hydrogens is 310 g/mol. The van der Waals surface area contributed by atoms with Gasteiger partial charge in [0.2, 0.25) is 0 Å². The molecule has 1 saturated heterocycles. The second-order valence-electron chi connectivity index (χ2n) is 6.35. The summed E-state index contributed by atoms with van der Waals surface area (Å²) in [5.41, 5.74) is 0.523. The Morgan fingerprint density at radius 2 is 2.00 bits per heavy atom. The average Bonchev–Trinajstić information content (AvgIpc) is 2.62. The summed E-state index contributed by atoms with van der Waals surface area (Å²) in [5, 5.41) is 9.05. The van der Waals surface area contributed by atoms with Gasteiger partial charge in [0.05, 0.1) is 19.3 Å². The van der Waals surface area contributed by atoms with E-state index in [0.717, 1.165) is 12.8 Å². The molecular formula is C18H23NO5. The van der Waals surface area contributed by atoms with E-state index < -0.39 is 12.1 Å². The van der Waals surface area contributed by atoms with Gasteiger partial charge in [-0.1, -0.05) is 12.5 Å². The van der Waals surface area contributed by atoms with Gasteiger partial charge in [-0.3, -0.25) is 4.79 Å². The number of carbonyl (C=O) groups excluding carboxylic acids is 1. The van der Waals surface area contributed by atoms with Gasteiger partial charge in [-0.25, -0.2) is 4.79 Å². The molecule has 1 aromatic carbocycles. The van der Waals surface area contributed by atoms with Gasteiger partial charge in [-0.05, 0) is 43.9 Å². The Labute approximate surface area is 141 Å². The first-order valence-corrected chi connectivity index (χ1v) is 8.54. The third-order valence-corrected chi connectivity index (χ3v) is 4.57. The fourth-order valence-electron chi connectivity index (χ4n) is 3.24. The normalized spacial score (nSPS) is 22.2. The van der Waals surface area contributed by atoms with Crippen LogP contribution in [-0.2, 0) is 9.53 Å². The summed E-state index contributed by atoms with van der Waals surface area (Å²) in [6.45, 7) is 0.708. The van der Waals surface area contributed by atoms with Gasteiger partial charge in [0, 0.05) is 12.1 Å². The van der Waals surface area contributed by atoms with Crippen LogP contribution in [0.15, 0.2) is 24.3 Å². The topological polar surface area (TPSA) is 76.1 Å². The number of rotatable bonds is 4. The highest BCUT2D eigenvalue weighted by Crippen LogP contribution is 2.24. The van der Waals surface area contributed by atoms with Crippen molar-refractivity contribution in [1.82, 2.24) is 4.90 Å². The molecule has 24 heavy (non-hydrogen) atoms. The van der Waals surface area contributed by atoms with Crippen LogP contribution in [0.2, 0.25) is 0 Å². The molecule has 1 aliphatic heterocycles. The summed E-state index contributed by atoms with van der Waals surface area (Å²) in [5.74, 6) is -0.517. The zero-order valence-corrected chi connectivity index (χ0v) is 13.6. The number of carboxylic acid groups (broad SMARTS) is 1. The summed E-state index contributed by atoms with van der Waals surface area (Å²) in [7, 11) is 0. The molecule has 0 unspecified atom stereocenters. The lowest BCUT2D eigenvalue weighted by Crippen LogP contribution is -2.48. The van der Waals surface area contributed by atoms with E-state index in [2.05, 4.69) is 0 Å². The van der Waals surface area contributed by atoms with Gasteiger partial charge >= 0.3 is 5.97 Å². The van der Waals surface area contributed by atoms with Crippen LogP contribution in [0.5, 0.6) is 5.75 Å². The van der Waals surface area contributed by atoms with E-state index in [1.54, 1.807) is 18.2 Å². The van der Waals surface area contributed by atoms with E-state index in [-0.39, 0.29) is 25.2 Å². The molecule has 0 aromatic heterocycles. The molecule has 1 saturated carbocycles. The zero-order valence-electron chi connectivity index (χ0n) is 13.6. The molecule has 1 atom stereocenters. The number of ether oxygens (including phenoxy) is 2. The van der Waals surface area contributed by atoms with Crippen LogP contribution < -0.4 is 4.74 Å². The van der Waals surface area contributed by atoms with Crippen molar-refractivity contribution in [3.05, 3.63) is 29.8 Å². The highest BCUT2D eigenvalue weighted by atomic mass is 16.5. The minimum absolute atomic E-state index is 0.0713. The Morgan fingerprint density at radius 3 is 2.75 bits per heavy atom. The molecule has 2 aliphatic rings. The van der Waals surface area contributed by atoms with E-state index in [0.29, 0.717) is 17.9 Å². The van der Waals surface area contributed by atoms with E-state index in [1.807, 2.05) is 6.07 Å². The van der Waals surface area contributed by atoms with Gasteiger partial charge in [-0.2, -0.15) is 0 Å². The minimum atomic E-state index is -1.04. The molecule has 3 rings (SSSR count). The number of morpholine rings is 1. The van der Waals surface area contributed by atoms with Crippen LogP contribution in [0.4, 0.5) is 0 Å². The van der Waals surface area contributed by atoms with Gasteiger partial charge in [-0.15, -0.1) is 0 Å². The molecule has 0 bridgehead atoms. The van der Waals surface area contributed by atoms with E-state index in [4.69, 9.17) is 14.6 Å². The van der Waals surface area contributed by atoms with Crippen molar-refractivity contribution in [3.63, 3.8) is 0 Å². The lowest BCUT2D eigenvalue weighted by molar-refractivity contribution is -0.154. The van der Waals surface area contributed by atoms with Gasteiger partial charge < -0.3 is 19.5 Å². The minimum Gasteiger partial charge on any atom is -0.490 e. The van der Waals surface area contributed by atoms with Crippen LogP contribution in [-0.4, -0.2) is 53.8 Å². The molecule has 1 heterocycles. The molecule has 2 fully saturated rings. The standard InChI is InChI=1S/C18H23NO5/c20-17(19-9-10-23-16(12-19)18(21)22)13-5-4-8-15(11-13)24-14-6-2-1-3-7-14/h4-5,8,11,14,16H,1-3,6-7,9-10,12H2,(H,21,22)/t16-/m1/s1. The van der Waals surface area contributed by atoms with Gasteiger partial charge in [0.1, 0.15) is 5.75 Å². The van der Waals surface area contributed by atoms with Crippen LogP contribution in [0.3, 0.4) is 0 Å². The van der Waals surface area contributed by atoms with E-state index >= 15 is 0 Å². The Morgan fingerprint density at radius 1 is 1.21 bits per heavy atom. The summed E-state index contributed by atoms with van der Waals surface area (Å²) < 4.78 is 11.2. The van der Waals surface area contributed by atoms with Crippen LogP contribution in [0, 0.1) is 0 Å². The van der Waals surface area contributed by atoms with Crippen molar-refractivity contribution in [1.29, 1.82) is 0 Å². The second-order valence-corrected chi connectivity index (χ2v) is 6.35. The molecule has 1 amide bonds. The molecule has 6 nitrogen and oxygen atoms in total. The van der Waals surface area contributed by atoms with E-state index in [1.165, 1.54) is 24.2 Å². The van der Waals surface area contributed by atoms with Crippen LogP contribution in [0.25, 0.3) is 0 Å². The molecule has 0 spiro atoms. The van der Waals surface area contributed by atoms with Crippen molar-refractivity contribution in [2.75, 3.05) is 19.7 Å². The Kier molecular flexibility index (Phi) is 5.35. The molecule has 0 radical (unpaired) electrons. The maximum Gasteiger partial charge on any atom is 0.334 e. The fraction of sp³-hybridized carbons (Fsp3) is 0.556. The van der Waals surface area contributed by atoms with Crippen molar-refractivity contribution in [2.24, 2.45) is 0 Å². The smallest absolute Gasteiger partial charge is 0.334 e. The average molecular weight is 333 g/mol. The summed E-state index contributed by atoms with van der Waals surface area (Å²) in [6, 6.07) is 7.16. The van der Waals surface area contributed by atoms with Crippen molar-refractivity contribution in [3.8, 4) is 5.75 Å². The Bertz CT molecular complexity index is 597. The predicted molar refractivity (Wildman–Crippen MR) is 87.2 cm³/mol. The number of amides is 1. The molecule has 1 aromatic rings. The number of aliphatic carboxylic acids is 1. The van der Waals surface area contributed by atoms with Crippen molar-refractivity contribution < 1.29 is 24.2 Å². The van der Waals surface area contributed by atoms with Crippen molar-refractivity contribution in [2.45, 2.75) is 44.3 Å². The maximum atomic E-state index is 12.6. The fourth-order valence-corrected chi connectivity index (χ4v) is 3.24. The third-order valence-electron chi connectivity index (χ3n) is 4.57. The number of carboxylic acids is 1. The molecule has 1 aliphatic carbocycles. The SMILES string of the molecule is O=C(O)[C@H]1CN(C(=O)c2cccc(OC3CCCCC3)c2)CCO1. The van der Waals surface area contributed by atoms with E-state index in [9.17, 15) is 9.59 Å². The van der Waals surface area contributed by atoms with Gasteiger partial charge in [0.15, 0.2) is 6.10 Å². The predicted octanol–water partition coefficient (Wildman–Crippen LogP) is 2.32. The zero-order chi connectivity index (χ0) is 16.9. The first kappa shape index (κ1) is 16.8. The number of hydrogen-bond donors (Lipinski definition) is 1. The quantitative estimate of drug-likeness (QED) is 0.915. The molecule has 6 heteroatoms. The lowest BCUT2D eigenvalue weighted by atomic mass is 9.98. The lowest BCUT2D eigenvalue weighted by Gasteiger charge is -2.31. The monoisotopic (exact) mass is 333 g/mol. The Balaban J connectivity index is 1.66. The Hall–Kier alpha value is -2.08. The third kappa shape index (κ3) is 4.06. The van der Waals surface area contributed by atoms with Crippen LogP contribution >= 0.6 is 0 Å². The maximum absolute atomic E-state index is 12.6. The van der Waals surface area contributed by atoms with Crippen LogP contribution in [0.1, 0.15) is 42.5 Å². The number of benzene rings is 1. The second kappa shape index (κ2) is 7.66. The summed E-state index contributed by atoms with van der Waals surface area (Å²) >= 11 is 0. The highest BCUT2D eigenvalue weighted by molar-refractivity contribution is 5.95. The van der Waals surface area contributed by atoms with Crippen molar-refractivity contribution >= 4 is 11.9 Å². The highest BCUT2D eigenvalue weighted by Gasteiger charge is 2.29. The summed E-state index contributed by atoms with van der Waals surface area (Å²) in [4.78, 5) is 25.2. The first-order chi connectivity index (χ1) is 11.6. The number of nitrogens with zero attached hydrogens (tertiary/aromatic N) is 1. The molecule has 1 N–H and O–H groups in total.